The summed E-state index contributed by atoms with van der Waals surface area (Å²) < 4.78 is 32.2. The first-order valence-electron chi connectivity index (χ1n) is 27.9. The van der Waals surface area contributed by atoms with Crippen LogP contribution in [0.15, 0.2) is 0 Å². The van der Waals surface area contributed by atoms with Crippen molar-refractivity contribution in [2.24, 2.45) is 0 Å². The number of rotatable bonds is 52. The largest absolute Gasteiger partial charge is 0.756 e. The van der Waals surface area contributed by atoms with Crippen molar-refractivity contribution in [3.05, 3.63) is 0 Å². The van der Waals surface area contributed by atoms with E-state index in [4.69, 9.17) is 19.1 Å². The zero-order valence-corrected chi connectivity index (χ0v) is 44.5. The molecular formula is C54H105O12P-2. The molecule has 0 fully saturated rings. The molecule has 0 rings (SSSR count). The smallest absolute Gasteiger partial charge is 0.306 e. The van der Waals surface area contributed by atoms with Gasteiger partial charge in [0.25, 0.3) is 7.82 Å². The molecule has 0 aliphatic heterocycles. The van der Waals surface area contributed by atoms with E-state index in [0.717, 1.165) is 51.4 Å². The van der Waals surface area contributed by atoms with Crippen molar-refractivity contribution in [3.63, 3.8) is 0 Å². The Morgan fingerprint density at radius 1 is 0.433 bits per heavy atom. The molecule has 0 aromatic carbocycles. The molecule has 0 saturated heterocycles. The zero-order chi connectivity index (χ0) is 49.7. The maximum Gasteiger partial charge on any atom is 0.306 e. The van der Waals surface area contributed by atoms with Crippen LogP contribution in [0.25, 0.3) is 0 Å². The molecule has 3 unspecified atom stereocenters. The minimum Gasteiger partial charge on any atom is -0.756 e. The van der Waals surface area contributed by atoms with Crippen LogP contribution in [-0.2, 0) is 37.5 Å². The molecule has 0 aliphatic carbocycles. The van der Waals surface area contributed by atoms with E-state index in [-0.39, 0.29) is 25.9 Å². The molecule has 0 spiro atoms. The second-order valence-electron chi connectivity index (χ2n) is 19.0. The van der Waals surface area contributed by atoms with Crippen LogP contribution in [0, 0.1) is 0 Å². The maximum atomic E-state index is 12.5. The van der Waals surface area contributed by atoms with Crippen molar-refractivity contribution in [1.29, 1.82) is 0 Å². The van der Waals surface area contributed by atoms with E-state index in [1.807, 2.05) is 0 Å². The van der Waals surface area contributed by atoms with E-state index in [2.05, 4.69) is 25.3 Å². The van der Waals surface area contributed by atoms with Crippen LogP contribution in [0.5, 0.6) is 0 Å². The maximum absolute atomic E-state index is 12.5. The number of aliphatic hydroxyl groups is 2. The van der Waals surface area contributed by atoms with Gasteiger partial charge in [0.15, 0.2) is 6.10 Å². The fourth-order valence-corrected chi connectivity index (χ4v) is 8.70. The van der Waals surface area contributed by atoms with Gasteiger partial charge >= 0.3 is 11.9 Å². The van der Waals surface area contributed by atoms with Crippen LogP contribution in [0.3, 0.4) is 0 Å². The summed E-state index contributed by atoms with van der Waals surface area (Å²) >= 11 is 0. The summed E-state index contributed by atoms with van der Waals surface area (Å²) in [6.45, 7) is 4.46. The van der Waals surface area contributed by atoms with E-state index in [1.165, 1.54) is 186 Å². The van der Waals surface area contributed by atoms with Crippen LogP contribution < -0.4 is 10.00 Å². The van der Waals surface area contributed by atoms with Gasteiger partial charge < -0.3 is 43.5 Å². The Balaban J connectivity index is 0. The molecule has 0 heterocycles. The van der Waals surface area contributed by atoms with Gasteiger partial charge in [-0.1, -0.05) is 252 Å². The second-order valence-corrected chi connectivity index (χ2v) is 20.4. The fourth-order valence-electron chi connectivity index (χ4n) is 7.92. The number of carbonyl (C=O) groups excluding carboxylic acids is 3. The lowest BCUT2D eigenvalue weighted by Gasteiger charge is -2.26. The Morgan fingerprint density at radius 3 is 1.03 bits per heavy atom. The van der Waals surface area contributed by atoms with Gasteiger partial charge in [-0.05, 0) is 25.7 Å². The standard InChI is InChI=1S/C38H75O10P.C16H32O2/c1-3-5-7-9-11-13-15-17-19-21-23-25-27-29-37(41)45-33-36(34-47-49(43,44)46-32-35(40)31-39)48-38(42)30-28-26-24-22-20-18-16-14-12-10-8-6-4-2;1-2-3-4-5-6-7-8-9-10-11-12-13-14-15-16(17)18/h35-36,39-40H,3-34H2,1-2H3,(H,43,44);2-15H2,1H3,(H,17,18)/p-2. The number of phosphoric acid groups is 1. The highest BCUT2D eigenvalue weighted by atomic mass is 31.2. The minimum absolute atomic E-state index is 0.176. The number of aliphatic hydroxyl groups excluding tert-OH is 2. The van der Waals surface area contributed by atoms with E-state index in [1.54, 1.807) is 0 Å². The van der Waals surface area contributed by atoms with Crippen molar-refractivity contribution in [1.82, 2.24) is 0 Å². The van der Waals surface area contributed by atoms with Gasteiger partial charge in [0.2, 0.25) is 0 Å². The van der Waals surface area contributed by atoms with E-state index >= 15 is 0 Å². The SMILES string of the molecule is CCCCCCCCCCCCCCCC(=O)OCC(COP(=O)([O-])OCC(O)CO)OC(=O)CCCCCCCCCCCCCCC.CCCCCCCCCCCCCCCC(=O)[O-]. The van der Waals surface area contributed by atoms with E-state index in [0.29, 0.717) is 12.8 Å². The number of carboxylic acids is 1. The lowest BCUT2D eigenvalue weighted by atomic mass is 10.0. The highest BCUT2D eigenvalue weighted by Gasteiger charge is 2.21. The molecule has 3 atom stereocenters. The number of phosphoric ester groups is 1. The van der Waals surface area contributed by atoms with E-state index < -0.39 is 57.8 Å². The highest BCUT2D eigenvalue weighted by molar-refractivity contribution is 7.45. The average Bonchev–Trinajstić information content (AvgIpc) is 3.31. The number of carboxylic acid groups (broad SMARTS) is 1. The zero-order valence-electron chi connectivity index (χ0n) is 43.6. The number of aliphatic carboxylic acids is 1. The molecule has 0 radical (unpaired) electrons. The number of esters is 2. The molecular weight excluding hydrogens is 872 g/mol. The van der Waals surface area contributed by atoms with Crippen LogP contribution >= 0.6 is 7.82 Å². The first kappa shape index (κ1) is 67.5. The molecule has 0 bridgehead atoms. The first-order valence-corrected chi connectivity index (χ1v) is 29.4. The predicted octanol–water partition coefficient (Wildman–Crippen LogP) is 13.5. The Morgan fingerprint density at radius 2 is 0.716 bits per heavy atom. The number of hydrogen-bond donors (Lipinski definition) is 2. The Labute approximate surface area is 411 Å². The molecule has 13 heteroatoms. The summed E-state index contributed by atoms with van der Waals surface area (Å²) in [5.41, 5.74) is 0. The highest BCUT2D eigenvalue weighted by Crippen LogP contribution is 2.38. The summed E-state index contributed by atoms with van der Waals surface area (Å²) in [6.07, 6.45) is 45.9. The third-order valence-corrected chi connectivity index (χ3v) is 13.2. The van der Waals surface area contributed by atoms with Crippen LogP contribution in [0.4, 0.5) is 0 Å². The van der Waals surface area contributed by atoms with Gasteiger partial charge in [0.1, 0.15) is 12.7 Å². The monoisotopic (exact) mass is 977 g/mol. The van der Waals surface area contributed by atoms with Crippen molar-refractivity contribution >= 4 is 25.7 Å². The van der Waals surface area contributed by atoms with Gasteiger partial charge in [-0.15, -0.1) is 0 Å². The first-order chi connectivity index (χ1) is 32.5. The lowest BCUT2D eigenvalue weighted by Crippen LogP contribution is -2.30. The molecule has 67 heavy (non-hydrogen) atoms. The lowest BCUT2D eigenvalue weighted by molar-refractivity contribution is -0.305. The van der Waals surface area contributed by atoms with Gasteiger partial charge in [0.05, 0.1) is 19.8 Å². The molecule has 0 aliphatic rings. The normalized spacial score (nSPS) is 13.1. The van der Waals surface area contributed by atoms with Crippen LogP contribution in [-0.4, -0.2) is 66.8 Å². The molecule has 0 aromatic heterocycles. The fraction of sp³-hybridized carbons (Fsp3) is 0.944. The van der Waals surface area contributed by atoms with Gasteiger partial charge in [-0.3, -0.25) is 14.2 Å². The van der Waals surface area contributed by atoms with Gasteiger partial charge in [0, 0.05) is 18.8 Å². The third-order valence-electron chi connectivity index (χ3n) is 12.2. The van der Waals surface area contributed by atoms with Gasteiger partial charge in [-0.2, -0.15) is 0 Å². The molecule has 0 saturated carbocycles. The summed E-state index contributed by atoms with van der Waals surface area (Å²) in [5.74, 6) is -1.85. The topological polar surface area (TPSA) is 192 Å². The quantitative estimate of drug-likeness (QED) is 0.0333. The minimum atomic E-state index is -4.85. The van der Waals surface area contributed by atoms with Crippen molar-refractivity contribution in [2.75, 3.05) is 26.4 Å². The van der Waals surface area contributed by atoms with Crippen LogP contribution in [0.1, 0.15) is 290 Å². The number of unbranched alkanes of at least 4 members (excludes halogenated alkanes) is 36. The van der Waals surface area contributed by atoms with Crippen LogP contribution in [0.2, 0.25) is 0 Å². The summed E-state index contributed by atoms with van der Waals surface area (Å²) in [4.78, 5) is 47.2. The van der Waals surface area contributed by atoms with Crippen molar-refractivity contribution < 1.29 is 57.7 Å². The molecule has 0 aromatic rings. The Bertz CT molecular complexity index is 1110. The Kier molecular flexibility index (Phi) is 54.2. The molecule has 12 nitrogen and oxygen atoms in total. The predicted molar refractivity (Wildman–Crippen MR) is 269 cm³/mol. The number of hydrogen-bond acceptors (Lipinski definition) is 12. The van der Waals surface area contributed by atoms with E-state index in [9.17, 15) is 34.1 Å². The third kappa shape index (κ3) is 56.9. The summed E-state index contributed by atoms with van der Waals surface area (Å²) in [7, 11) is -4.85. The summed E-state index contributed by atoms with van der Waals surface area (Å²) in [6, 6.07) is 0. The van der Waals surface area contributed by atoms with Gasteiger partial charge in [-0.25, -0.2) is 0 Å². The summed E-state index contributed by atoms with van der Waals surface area (Å²) in [5, 5.41) is 28.4. The number of carbonyl (C=O) groups is 3. The molecule has 2 N–H and O–H groups in total. The Hall–Kier alpha value is -1.56. The second kappa shape index (κ2) is 53.8. The average molecular weight is 977 g/mol. The number of ether oxygens (including phenoxy) is 2. The van der Waals surface area contributed by atoms with Crippen molar-refractivity contribution in [2.45, 2.75) is 303 Å². The molecule has 0 amide bonds. The van der Waals surface area contributed by atoms with Crippen molar-refractivity contribution in [3.8, 4) is 0 Å². The molecule has 400 valence electrons.